The van der Waals surface area contributed by atoms with Crippen molar-refractivity contribution in [1.29, 1.82) is 0 Å². The number of nitrogens with one attached hydrogen (secondary N) is 1. The molecule has 0 bridgehead atoms. The summed E-state index contributed by atoms with van der Waals surface area (Å²) in [5.41, 5.74) is 24.0. The Labute approximate surface area is 241 Å². The molecule has 248 valence electrons. The van der Waals surface area contributed by atoms with Gasteiger partial charge in [0.2, 0.25) is 0 Å². The Balaban J connectivity index is 0.000000892. The average Bonchev–Trinajstić information content (AvgIpc) is 2.90. The summed E-state index contributed by atoms with van der Waals surface area (Å²) in [5, 5.41) is 64.7. The molecule has 0 aromatic heterocycles. The first-order valence-corrected chi connectivity index (χ1v) is 14.6. The second-order valence-corrected chi connectivity index (χ2v) is 11.6. The minimum absolute atomic E-state index is 0.156. The lowest BCUT2D eigenvalue weighted by Gasteiger charge is -2.51. The lowest BCUT2D eigenvalue weighted by atomic mass is 9.84. The van der Waals surface area contributed by atoms with E-state index in [1.54, 1.807) is 7.05 Å². The van der Waals surface area contributed by atoms with Crippen molar-refractivity contribution in [2.75, 3.05) is 13.7 Å². The second-order valence-electron chi connectivity index (χ2n) is 10.7. The number of fused-ring (bicyclic) bond motifs is 1. The Morgan fingerprint density at radius 1 is 0.762 bits per heavy atom. The third-order valence-corrected chi connectivity index (χ3v) is 7.74. The largest absolute Gasteiger partial charge is 0.394 e. The van der Waals surface area contributed by atoms with Gasteiger partial charge < -0.3 is 82.6 Å². The van der Waals surface area contributed by atoms with Gasteiger partial charge in [-0.1, -0.05) is 0 Å². The van der Waals surface area contributed by atoms with E-state index in [0.29, 0.717) is 0 Å². The van der Waals surface area contributed by atoms with Gasteiger partial charge in [0.05, 0.1) is 36.9 Å². The second kappa shape index (κ2) is 14.6. The summed E-state index contributed by atoms with van der Waals surface area (Å²) in [4.78, 5) is 0. The Kier molecular flexibility index (Phi) is 12.4. The van der Waals surface area contributed by atoms with E-state index in [-0.39, 0.29) is 12.8 Å². The number of aliphatic hydroxyl groups excluding tert-OH is 6. The van der Waals surface area contributed by atoms with Crippen LogP contribution in [0.25, 0.3) is 0 Å². The molecule has 3 heterocycles. The number of nitrogens with two attached hydrogens (primary N) is 4. The summed E-state index contributed by atoms with van der Waals surface area (Å²) in [6.45, 7) is -0.508. The van der Waals surface area contributed by atoms with Gasteiger partial charge in [-0.15, -0.1) is 0 Å². The van der Waals surface area contributed by atoms with Crippen LogP contribution < -0.4 is 28.3 Å². The van der Waals surface area contributed by atoms with Gasteiger partial charge in [0.25, 0.3) is 0 Å². The molecule has 0 aromatic rings. The fourth-order valence-electron chi connectivity index (χ4n) is 5.46. The summed E-state index contributed by atoms with van der Waals surface area (Å²) in [6.07, 6.45) is -13.7. The summed E-state index contributed by atoms with van der Waals surface area (Å²) in [5.74, 6) is 0. The third kappa shape index (κ3) is 8.28. The van der Waals surface area contributed by atoms with E-state index in [2.05, 4.69) is 5.32 Å². The van der Waals surface area contributed by atoms with Gasteiger partial charge in [0.1, 0.15) is 42.7 Å². The van der Waals surface area contributed by atoms with Crippen LogP contribution in [0.3, 0.4) is 0 Å². The summed E-state index contributed by atoms with van der Waals surface area (Å²) < 4.78 is 60.8. The van der Waals surface area contributed by atoms with Gasteiger partial charge in [-0.25, -0.2) is 0 Å². The standard InChI is InChI=1S/C21H41N5O11.H2O4S/c1-26-11-14(30)18-8(33-20(11)37-21-16(32)13(29)10(25)9(4-27)34-21)3-7(24)19(36-18)35-17-6(23)2-5(22)12(28)15(17)31;1-5(2,3)4/h5-21,26-32H,2-4,22-25H2,1H3;(H2,1,2,3,4)/t5-,6+,7-,8+,9+,10+,11+,12+,13+,14-,15-,16+,17+,18-,19-,20+,21+;/m0./s1. The molecule has 17 atom stereocenters. The Hall–Kier alpha value is -0.770. The van der Waals surface area contributed by atoms with Gasteiger partial charge in [0.15, 0.2) is 18.9 Å². The van der Waals surface area contributed by atoms with Crippen LogP contribution in [0.1, 0.15) is 12.8 Å². The van der Waals surface area contributed by atoms with Crippen molar-refractivity contribution >= 4 is 10.4 Å². The SMILES string of the molecule is CN[C@H]1[C@@H](O[C@H]2O[C@H](CO)[C@@H](N)[C@@H](O)[C@H]2O)O[C@@H]2C[C@H](N)[C@@H](O[C@H]3[C@@H](O)[C@H](O)[C@@H](N)C[C@H]3N)O[C@@H]2[C@H]1O.O=S(=O)(O)O. The van der Waals surface area contributed by atoms with Gasteiger partial charge >= 0.3 is 10.4 Å². The molecule has 1 saturated carbocycles. The molecule has 0 amide bonds. The summed E-state index contributed by atoms with van der Waals surface area (Å²) in [7, 11) is -3.11. The number of hydrogen-bond donors (Lipinski definition) is 13. The van der Waals surface area contributed by atoms with Crippen molar-refractivity contribution in [1.82, 2.24) is 5.32 Å². The molecule has 20 nitrogen and oxygen atoms in total. The first-order valence-electron chi connectivity index (χ1n) is 13.2. The molecule has 0 spiro atoms. The fourth-order valence-corrected chi connectivity index (χ4v) is 5.46. The smallest absolute Gasteiger partial charge is 0.394 e. The average molecular weight is 638 g/mol. The molecule has 0 aromatic carbocycles. The van der Waals surface area contributed by atoms with E-state index in [4.69, 9.17) is 64.1 Å². The third-order valence-electron chi connectivity index (χ3n) is 7.74. The molecule has 4 fully saturated rings. The molecular formula is C21H43N5O15S. The van der Waals surface area contributed by atoms with Crippen LogP contribution in [0, 0.1) is 0 Å². The topological polar surface area (TPSA) is 358 Å². The van der Waals surface area contributed by atoms with Crippen LogP contribution in [-0.2, 0) is 34.1 Å². The maximum atomic E-state index is 11.1. The Bertz CT molecular complexity index is 960. The van der Waals surface area contributed by atoms with E-state index in [0.717, 1.165) is 0 Å². The van der Waals surface area contributed by atoms with Crippen molar-refractivity contribution < 1.29 is 71.8 Å². The molecule has 1 aliphatic carbocycles. The van der Waals surface area contributed by atoms with Crippen molar-refractivity contribution in [3.05, 3.63) is 0 Å². The van der Waals surface area contributed by atoms with E-state index in [9.17, 15) is 30.6 Å². The number of rotatable bonds is 6. The van der Waals surface area contributed by atoms with Crippen LogP contribution in [-0.4, -0.2) is 166 Å². The molecule has 42 heavy (non-hydrogen) atoms. The van der Waals surface area contributed by atoms with Gasteiger partial charge in [0, 0.05) is 12.1 Å². The van der Waals surface area contributed by atoms with Crippen molar-refractivity contribution in [3.63, 3.8) is 0 Å². The van der Waals surface area contributed by atoms with Crippen molar-refractivity contribution in [2.45, 2.75) is 117 Å². The predicted molar refractivity (Wildman–Crippen MR) is 137 cm³/mol. The maximum absolute atomic E-state index is 11.1. The van der Waals surface area contributed by atoms with E-state index < -0.39 is 121 Å². The van der Waals surface area contributed by atoms with Crippen molar-refractivity contribution in [2.24, 2.45) is 22.9 Å². The predicted octanol–water partition coefficient (Wildman–Crippen LogP) is -7.60. The quantitative estimate of drug-likeness (QED) is 0.120. The summed E-state index contributed by atoms with van der Waals surface area (Å²) in [6, 6.07) is -4.05. The zero-order valence-corrected chi connectivity index (χ0v) is 23.4. The highest BCUT2D eigenvalue weighted by Gasteiger charge is 2.54. The molecule has 0 unspecified atom stereocenters. The monoisotopic (exact) mass is 637 g/mol. The molecule has 3 aliphatic heterocycles. The number of ether oxygens (including phenoxy) is 5. The fraction of sp³-hybridized carbons (Fsp3) is 1.00. The zero-order valence-electron chi connectivity index (χ0n) is 22.6. The number of likely N-dealkylation sites (N-methyl/N-ethyl adjacent to an activating group) is 1. The minimum atomic E-state index is -4.67. The first-order chi connectivity index (χ1) is 19.5. The van der Waals surface area contributed by atoms with Crippen molar-refractivity contribution in [3.8, 4) is 0 Å². The number of hydrogen-bond acceptors (Lipinski definition) is 18. The number of aliphatic hydroxyl groups is 6. The minimum Gasteiger partial charge on any atom is -0.394 e. The maximum Gasteiger partial charge on any atom is 0.394 e. The zero-order chi connectivity index (χ0) is 31.7. The van der Waals surface area contributed by atoms with Crippen LogP contribution >= 0.6 is 0 Å². The van der Waals surface area contributed by atoms with E-state index in [1.807, 2.05) is 0 Å². The van der Waals surface area contributed by atoms with Gasteiger partial charge in [-0.2, -0.15) is 8.42 Å². The van der Waals surface area contributed by atoms with Gasteiger partial charge in [-0.3, -0.25) is 9.11 Å². The molecule has 21 heteroatoms. The highest BCUT2D eigenvalue weighted by atomic mass is 32.3. The molecule has 17 N–H and O–H groups in total. The Morgan fingerprint density at radius 2 is 1.38 bits per heavy atom. The first kappa shape index (κ1) is 35.7. The van der Waals surface area contributed by atoms with Gasteiger partial charge in [-0.05, 0) is 19.9 Å². The van der Waals surface area contributed by atoms with Crippen LogP contribution in [0.15, 0.2) is 0 Å². The molecule has 4 aliphatic rings. The van der Waals surface area contributed by atoms with Crippen LogP contribution in [0.4, 0.5) is 0 Å². The normalized spacial score (nSPS) is 49.9. The van der Waals surface area contributed by atoms with E-state index >= 15 is 0 Å². The van der Waals surface area contributed by atoms with Crippen LogP contribution in [0.2, 0.25) is 0 Å². The van der Waals surface area contributed by atoms with E-state index in [1.165, 1.54) is 0 Å². The Morgan fingerprint density at radius 3 is 1.95 bits per heavy atom. The van der Waals surface area contributed by atoms with Crippen LogP contribution in [0.5, 0.6) is 0 Å². The lowest BCUT2D eigenvalue weighted by molar-refractivity contribution is -0.373. The molecular weight excluding hydrogens is 594 g/mol. The molecule has 4 rings (SSSR count). The molecule has 3 saturated heterocycles. The highest BCUT2D eigenvalue weighted by Crippen LogP contribution is 2.35. The summed E-state index contributed by atoms with van der Waals surface area (Å²) >= 11 is 0. The highest BCUT2D eigenvalue weighted by molar-refractivity contribution is 7.79. The molecule has 0 radical (unpaired) electrons. The lowest BCUT2D eigenvalue weighted by Crippen LogP contribution is -2.70.